The van der Waals surface area contributed by atoms with Gasteiger partial charge in [0.2, 0.25) is 5.91 Å². The molecule has 0 aliphatic rings. The van der Waals surface area contributed by atoms with E-state index in [2.05, 4.69) is 6.92 Å². The molecule has 0 unspecified atom stereocenters. The third kappa shape index (κ3) is 15.3. The molecule has 2 N–H and O–H groups in total. The highest BCUT2D eigenvalue weighted by Crippen LogP contribution is 2.15. The van der Waals surface area contributed by atoms with Crippen molar-refractivity contribution in [2.45, 2.75) is 136 Å². The van der Waals surface area contributed by atoms with E-state index in [0.29, 0.717) is 6.54 Å². The summed E-state index contributed by atoms with van der Waals surface area (Å²) in [5.41, 5.74) is 6.97. The Balaban J connectivity index is 2.18. The Morgan fingerprint density at radius 1 is 0.750 bits per heavy atom. The van der Waals surface area contributed by atoms with Crippen molar-refractivity contribution in [2.24, 2.45) is 11.7 Å². The summed E-state index contributed by atoms with van der Waals surface area (Å²) in [7, 11) is 0. The molecule has 5 nitrogen and oxygen atoms in total. The fourth-order valence-corrected chi connectivity index (χ4v) is 4.37. The molecule has 0 fully saturated rings. The normalized spacial score (nSPS) is 12.0. The number of carbonyl (C=O) groups is 2. The zero-order valence-electron chi connectivity index (χ0n) is 23.5. The molecule has 0 saturated heterocycles. The first-order valence-electron chi connectivity index (χ1n) is 14.7. The van der Waals surface area contributed by atoms with Gasteiger partial charge in [0.25, 0.3) is 0 Å². The second kappa shape index (κ2) is 21.2. The minimum absolute atomic E-state index is 0.0345. The maximum absolute atomic E-state index is 12.8. The van der Waals surface area contributed by atoms with Crippen LogP contribution in [0.1, 0.15) is 129 Å². The van der Waals surface area contributed by atoms with Crippen molar-refractivity contribution < 1.29 is 14.3 Å². The van der Waals surface area contributed by atoms with Crippen LogP contribution in [-0.2, 0) is 16.1 Å². The third-order valence-corrected chi connectivity index (χ3v) is 6.93. The number of nitrogens with zero attached hydrogens (tertiary/aromatic N) is 1. The first kappa shape index (κ1) is 32.1. The average molecular weight is 503 g/mol. The summed E-state index contributed by atoms with van der Waals surface area (Å²) < 4.78 is 5.43. The van der Waals surface area contributed by atoms with Gasteiger partial charge in [0.15, 0.2) is 0 Å². The van der Waals surface area contributed by atoms with Crippen LogP contribution in [0, 0.1) is 5.92 Å². The second-order valence-electron chi connectivity index (χ2n) is 10.6. The first-order chi connectivity index (χ1) is 17.5. The number of ether oxygens (including phenoxy) is 1. The molecule has 0 aliphatic carbocycles. The summed E-state index contributed by atoms with van der Waals surface area (Å²) in [5, 5.41) is 0. The molecular weight excluding hydrogens is 448 g/mol. The summed E-state index contributed by atoms with van der Waals surface area (Å²) in [6.45, 7) is 6.58. The number of carbonyl (C=O) groups excluding carboxylic acids is 2. The monoisotopic (exact) mass is 502 g/mol. The molecule has 0 bridgehead atoms. The maximum atomic E-state index is 12.8. The number of unbranched alkanes of at least 4 members (excludes halogenated alkanes) is 15. The van der Waals surface area contributed by atoms with Crippen LogP contribution in [0.25, 0.3) is 0 Å². The number of nitrogens with two attached hydrogens (primary N) is 1. The molecule has 0 radical (unpaired) electrons. The molecule has 1 atom stereocenters. The lowest BCUT2D eigenvalue weighted by molar-refractivity contribution is -0.132. The van der Waals surface area contributed by atoms with Crippen LogP contribution in [0.15, 0.2) is 30.3 Å². The van der Waals surface area contributed by atoms with E-state index >= 15 is 0 Å². The molecule has 206 valence electrons. The van der Waals surface area contributed by atoms with Gasteiger partial charge in [-0.05, 0) is 17.9 Å². The van der Waals surface area contributed by atoms with Crippen LogP contribution >= 0.6 is 0 Å². The van der Waals surface area contributed by atoms with Crippen LogP contribution in [0.3, 0.4) is 0 Å². The van der Waals surface area contributed by atoms with Crippen molar-refractivity contribution in [2.75, 3.05) is 6.54 Å². The van der Waals surface area contributed by atoms with Crippen molar-refractivity contribution in [1.29, 1.82) is 0 Å². The summed E-state index contributed by atoms with van der Waals surface area (Å²) >= 11 is 0. The van der Waals surface area contributed by atoms with Crippen LogP contribution in [0.5, 0.6) is 0 Å². The maximum Gasteiger partial charge on any atom is 0.416 e. The van der Waals surface area contributed by atoms with E-state index in [1.165, 1.54) is 88.4 Å². The lowest BCUT2D eigenvalue weighted by atomic mass is 10.0. The predicted molar refractivity (Wildman–Crippen MR) is 151 cm³/mol. The predicted octanol–water partition coefficient (Wildman–Crippen LogP) is 8.40. The van der Waals surface area contributed by atoms with Crippen molar-refractivity contribution >= 4 is 12.0 Å². The van der Waals surface area contributed by atoms with Crippen LogP contribution in [0.2, 0.25) is 0 Å². The molecule has 5 heteroatoms. The van der Waals surface area contributed by atoms with Crippen molar-refractivity contribution in [3.63, 3.8) is 0 Å². The van der Waals surface area contributed by atoms with E-state index in [4.69, 9.17) is 10.5 Å². The fourth-order valence-electron chi connectivity index (χ4n) is 4.37. The molecule has 1 aromatic carbocycles. The zero-order valence-corrected chi connectivity index (χ0v) is 23.5. The van der Waals surface area contributed by atoms with Gasteiger partial charge in [0, 0.05) is 6.54 Å². The third-order valence-electron chi connectivity index (χ3n) is 6.93. The molecule has 1 rings (SSSR count). The van der Waals surface area contributed by atoms with Gasteiger partial charge < -0.3 is 10.5 Å². The van der Waals surface area contributed by atoms with E-state index in [0.717, 1.165) is 24.8 Å². The highest BCUT2D eigenvalue weighted by Gasteiger charge is 2.29. The molecule has 0 aromatic heterocycles. The Bertz CT molecular complexity index is 678. The highest BCUT2D eigenvalue weighted by atomic mass is 16.6. The average Bonchev–Trinajstić information content (AvgIpc) is 2.89. The largest absolute Gasteiger partial charge is 0.444 e. The Hall–Kier alpha value is -1.88. The number of hydrogen-bond acceptors (Lipinski definition) is 4. The highest BCUT2D eigenvalue weighted by molar-refractivity contribution is 5.95. The molecule has 0 aliphatic heterocycles. The second-order valence-corrected chi connectivity index (χ2v) is 10.6. The van der Waals surface area contributed by atoms with Crippen LogP contribution in [0.4, 0.5) is 4.79 Å². The van der Waals surface area contributed by atoms with E-state index in [1.54, 1.807) is 0 Å². The fraction of sp³-hybridized carbons (Fsp3) is 0.742. The van der Waals surface area contributed by atoms with Gasteiger partial charge in [0.1, 0.15) is 6.61 Å². The zero-order chi connectivity index (χ0) is 26.4. The number of imide groups is 1. The lowest BCUT2D eigenvalue weighted by Gasteiger charge is -2.25. The summed E-state index contributed by atoms with van der Waals surface area (Å²) in [5.74, 6) is -0.378. The number of amides is 2. The van der Waals surface area contributed by atoms with Crippen molar-refractivity contribution in [1.82, 2.24) is 4.90 Å². The minimum Gasteiger partial charge on any atom is -0.444 e. The summed E-state index contributed by atoms with van der Waals surface area (Å²) in [4.78, 5) is 26.8. The van der Waals surface area contributed by atoms with Gasteiger partial charge in [-0.25, -0.2) is 9.69 Å². The molecular formula is C31H54N2O3. The topological polar surface area (TPSA) is 72.6 Å². The SMILES string of the molecule is CCCCCCCCCCCCCCCCCCN(C(=O)OCc1ccccc1)C(=O)[C@@H](N)C(C)C. The van der Waals surface area contributed by atoms with Gasteiger partial charge in [-0.2, -0.15) is 0 Å². The van der Waals surface area contributed by atoms with Gasteiger partial charge in [-0.1, -0.05) is 147 Å². The van der Waals surface area contributed by atoms with Crippen molar-refractivity contribution in [3.8, 4) is 0 Å². The molecule has 0 heterocycles. The molecule has 0 saturated carbocycles. The molecule has 36 heavy (non-hydrogen) atoms. The Labute approximate surface area is 221 Å². The van der Waals surface area contributed by atoms with Crippen molar-refractivity contribution in [3.05, 3.63) is 35.9 Å². The summed E-state index contributed by atoms with van der Waals surface area (Å²) in [6.07, 6.45) is 20.0. The Morgan fingerprint density at radius 3 is 1.64 bits per heavy atom. The first-order valence-corrected chi connectivity index (χ1v) is 14.7. The molecule has 1 aromatic rings. The standard InChI is InChI=1S/C31H54N2O3/c1-4-5-6-7-8-9-10-11-12-13-14-15-16-17-18-22-25-33(30(34)29(32)27(2)3)31(35)36-26-28-23-20-19-21-24-28/h19-21,23-24,27,29H,4-18,22,25-26,32H2,1-3H3/t29-/m0/s1. The van der Waals surface area contributed by atoms with Gasteiger partial charge in [0.05, 0.1) is 6.04 Å². The van der Waals surface area contributed by atoms with E-state index in [-0.39, 0.29) is 18.4 Å². The minimum atomic E-state index is -0.699. The quantitative estimate of drug-likeness (QED) is 0.171. The van der Waals surface area contributed by atoms with Gasteiger partial charge in [-0.3, -0.25) is 4.79 Å². The van der Waals surface area contributed by atoms with Crippen LogP contribution in [-0.4, -0.2) is 29.5 Å². The molecule has 2 amide bonds. The Morgan fingerprint density at radius 2 is 1.19 bits per heavy atom. The number of benzene rings is 1. The lowest BCUT2D eigenvalue weighted by Crippen LogP contribution is -2.49. The van der Waals surface area contributed by atoms with Crippen LogP contribution < -0.4 is 5.73 Å². The van der Waals surface area contributed by atoms with Gasteiger partial charge in [-0.15, -0.1) is 0 Å². The number of hydrogen-bond donors (Lipinski definition) is 1. The number of rotatable bonds is 21. The smallest absolute Gasteiger partial charge is 0.416 e. The van der Waals surface area contributed by atoms with E-state index < -0.39 is 12.1 Å². The van der Waals surface area contributed by atoms with E-state index in [1.807, 2.05) is 44.2 Å². The Kier molecular flexibility index (Phi) is 19.0. The summed E-state index contributed by atoms with van der Waals surface area (Å²) in [6, 6.07) is 8.81. The van der Waals surface area contributed by atoms with Gasteiger partial charge >= 0.3 is 6.09 Å². The van der Waals surface area contributed by atoms with E-state index in [9.17, 15) is 9.59 Å². The molecule has 0 spiro atoms.